The number of allylic oxidation sites excluding steroid dienone is 1. The number of benzene rings is 1. The second-order valence-electron chi connectivity index (χ2n) is 3.09. The Balaban J connectivity index is 3.45. The number of nitro benzene ring substituents is 1. The number of methoxy groups -OCH3 is 1. The molecule has 7 heteroatoms. The molecule has 1 aromatic rings. The third-order valence-corrected chi connectivity index (χ3v) is 2.00. The molecule has 0 amide bonds. The Labute approximate surface area is 101 Å². The van der Waals surface area contributed by atoms with Crippen LogP contribution in [0.3, 0.4) is 0 Å². The highest BCUT2D eigenvalue weighted by molar-refractivity contribution is 5.66. The highest BCUT2D eigenvalue weighted by Gasteiger charge is 2.20. The quantitative estimate of drug-likeness (QED) is 0.463. The predicted molar refractivity (Wildman–Crippen MR) is 58.8 cm³/mol. The van der Waals surface area contributed by atoms with E-state index in [2.05, 4.69) is 4.74 Å². The molecule has 0 spiro atoms. The number of rotatable bonds is 3. The SMILES string of the molecule is COc1c(F)cc(C=C(C#N)C#N)cc1[N+](=O)[O-]. The van der Waals surface area contributed by atoms with E-state index < -0.39 is 22.2 Å². The molecule has 0 bridgehead atoms. The van der Waals surface area contributed by atoms with E-state index in [1.54, 1.807) is 12.1 Å². The van der Waals surface area contributed by atoms with Crippen LogP contribution in [0.25, 0.3) is 6.08 Å². The lowest BCUT2D eigenvalue weighted by Gasteiger charge is -2.04. The molecule has 18 heavy (non-hydrogen) atoms. The maximum atomic E-state index is 13.5. The fourth-order valence-electron chi connectivity index (χ4n) is 1.28. The summed E-state index contributed by atoms with van der Waals surface area (Å²) in [6.45, 7) is 0. The molecule has 0 radical (unpaired) electrons. The van der Waals surface area contributed by atoms with Gasteiger partial charge in [-0.15, -0.1) is 0 Å². The summed E-state index contributed by atoms with van der Waals surface area (Å²) in [5.74, 6) is -1.43. The Bertz CT molecular complexity index is 595. The van der Waals surface area contributed by atoms with Gasteiger partial charge in [0.15, 0.2) is 5.82 Å². The molecule has 0 unspecified atom stereocenters. The van der Waals surface area contributed by atoms with Crippen LogP contribution in [0, 0.1) is 38.6 Å². The number of hydrogen-bond donors (Lipinski definition) is 0. The molecule has 1 rings (SSSR count). The topological polar surface area (TPSA) is 99.9 Å². The summed E-state index contributed by atoms with van der Waals surface area (Å²) in [4.78, 5) is 9.91. The second kappa shape index (κ2) is 5.41. The maximum Gasteiger partial charge on any atom is 0.314 e. The van der Waals surface area contributed by atoms with E-state index in [-0.39, 0.29) is 11.1 Å². The van der Waals surface area contributed by atoms with Crippen LogP contribution < -0.4 is 4.74 Å². The Morgan fingerprint density at radius 2 is 2.11 bits per heavy atom. The summed E-state index contributed by atoms with van der Waals surface area (Å²) in [6, 6.07) is 5.12. The Hall–Kier alpha value is -2.93. The van der Waals surface area contributed by atoms with E-state index in [0.29, 0.717) is 0 Å². The van der Waals surface area contributed by atoms with Crippen molar-refractivity contribution in [1.82, 2.24) is 0 Å². The van der Waals surface area contributed by atoms with Crippen molar-refractivity contribution in [1.29, 1.82) is 10.5 Å². The van der Waals surface area contributed by atoms with Gasteiger partial charge in [-0.1, -0.05) is 0 Å². The first-order valence-corrected chi connectivity index (χ1v) is 4.57. The van der Waals surface area contributed by atoms with Gasteiger partial charge >= 0.3 is 5.69 Å². The molecular weight excluding hydrogens is 241 g/mol. The van der Waals surface area contributed by atoms with E-state index in [1.165, 1.54) is 0 Å². The van der Waals surface area contributed by atoms with E-state index >= 15 is 0 Å². The average molecular weight is 247 g/mol. The summed E-state index contributed by atoms with van der Waals surface area (Å²) in [5, 5.41) is 27.8. The maximum absolute atomic E-state index is 13.5. The van der Waals surface area contributed by atoms with E-state index in [9.17, 15) is 14.5 Å². The molecule has 90 valence electrons. The van der Waals surface area contributed by atoms with Crippen molar-refractivity contribution in [3.05, 3.63) is 39.2 Å². The summed E-state index contributed by atoms with van der Waals surface area (Å²) >= 11 is 0. The standard InChI is InChI=1S/C11H6FN3O3/c1-18-11-9(12)3-7(2-8(5-13)6-14)4-10(11)15(16)17/h2-4H,1H3. The fraction of sp³-hybridized carbons (Fsp3) is 0.0909. The summed E-state index contributed by atoms with van der Waals surface area (Å²) in [7, 11) is 1.11. The predicted octanol–water partition coefficient (Wildman–Crippen LogP) is 2.17. The number of hydrogen-bond acceptors (Lipinski definition) is 5. The minimum absolute atomic E-state index is 0.0399. The van der Waals surface area contributed by atoms with E-state index in [0.717, 1.165) is 25.3 Å². The lowest BCUT2D eigenvalue weighted by Crippen LogP contribution is -1.97. The molecule has 0 heterocycles. The third-order valence-electron chi connectivity index (χ3n) is 2.00. The minimum atomic E-state index is -0.937. The number of halogens is 1. The zero-order valence-electron chi connectivity index (χ0n) is 9.18. The van der Waals surface area contributed by atoms with Gasteiger partial charge < -0.3 is 4.74 Å². The lowest BCUT2D eigenvalue weighted by atomic mass is 10.1. The van der Waals surface area contributed by atoms with Crippen molar-refractivity contribution in [2.45, 2.75) is 0 Å². The first-order chi connectivity index (χ1) is 8.53. The first kappa shape index (κ1) is 13.1. The van der Waals surface area contributed by atoms with Crippen LogP contribution in [0.1, 0.15) is 5.56 Å². The molecule has 0 atom stereocenters. The summed E-state index contributed by atoms with van der Waals surface area (Å²) < 4.78 is 18.1. The molecule has 0 aliphatic carbocycles. The zero-order valence-corrected chi connectivity index (χ0v) is 9.18. The van der Waals surface area contributed by atoms with E-state index in [4.69, 9.17) is 10.5 Å². The molecule has 6 nitrogen and oxygen atoms in total. The third kappa shape index (κ3) is 2.60. The van der Waals surface area contributed by atoms with Gasteiger partial charge in [0.05, 0.1) is 12.0 Å². The van der Waals surface area contributed by atoms with Crippen LogP contribution in [0.4, 0.5) is 10.1 Å². The van der Waals surface area contributed by atoms with Crippen LogP contribution in [0.5, 0.6) is 5.75 Å². The van der Waals surface area contributed by atoms with Crippen LogP contribution in [-0.2, 0) is 0 Å². The largest absolute Gasteiger partial charge is 0.488 e. The monoisotopic (exact) mass is 247 g/mol. The van der Waals surface area contributed by atoms with Crippen LogP contribution >= 0.6 is 0 Å². The Morgan fingerprint density at radius 3 is 2.56 bits per heavy atom. The van der Waals surface area contributed by atoms with Crippen LogP contribution in [0.15, 0.2) is 17.7 Å². The van der Waals surface area contributed by atoms with Crippen molar-refractivity contribution in [3.63, 3.8) is 0 Å². The van der Waals surface area contributed by atoms with Crippen LogP contribution in [0.2, 0.25) is 0 Å². The molecule has 0 saturated carbocycles. The van der Waals surface area contributed by atoms with Gasteiger partial charge in [-0.25, -0.2) is 4.39 Å². The highest BCUT2D eigenvalue weighted by atomic mass is 19.1. The fourth-order valence-corrected chi connectivity index (χ4v) is 1.28. The number of ether oxygens (including phenoxy) is 1. The van der Waals surface area contributed by atoms with E-state index in [1.807, 2.05) is 0 Å². The first-order valence-electron chi connectivity index (χ1n) is 4.57. The molecule has 0 fully saturated rings. The normalized spacial score (nSPS) is 8.89. The van der Waals surface area contributed by atoms with Gasteiger partial charge in [0.2, 0.25) is 5.75 Å². The van der Waals surface area contributed by atoms with Crippen molar-refractivity contribution in [2.75, 3.05) is 7.11 Å². The Morgan fingerprint density at radius 1 is 1.50 bits per heavy atom. The van der Waals surface area contributed by atoms with Gasteiger partial charge in [0, 0.05) is 6.07 Å². The van der Waals surface area contributed by atoms with Crippen molar-refractivity contribution in [2.24, 2.45) is 0 Å². The van der Waals surface area contributed by atoms with Gasteiger partial charge in [0.25, 0.3) is 0 Å². The average Bonchev–Trinajstić information content (AvgIpc) is 2.35. The Kier molecular flexibility index (Phi) is 3.95. The van der Waals surface area contributed by atoms with Crippen molar-refractivity contribution < 1.29 is 14.1 Å². The second-order valence-corrected chi connectivity index (χ2v) is 3.09. The molecule has 1 aromatic carbocycles. The summed E-state index contributed by atoms with van der Waals surface area (Å²) in [6.07, 6.45) is 1.05. The molecule has 0 N–H and O–H groups in total. The van der Waals surface area contributed by atoms with Crippen molar-refractivity contribution in [3.8, 4) is 17.9 Å². The molecular formula is C11H6FN3O3. The van der Waals surface area contributed by atoms with Crippen LogP contribution in [-0.4, -0.2) is 12.0 Å². The summed E-state index contributed by atoms with van der Waals surface area (Å²) in [5.41, 5.74) is -0.814. The number of nitrogens with zero attached hydrogens (tertiary/aromatic N) is 3. The number of nitro groups is 1. The molecule has 0 aliphatic rings. The van der Waals surface area contributed by atoms with Crippen molar-refractivity contribution >= 4 is 11.8 Å². The highest BCUT2D eigenvalue weighted by Crippen LogP contribution is 2.31. The van der Waals surface area contributed by atoms with Gasteiger partial charge in [0.1, 0.15) is 17.7 Å². The number of nitriles is 2. The van der Waals surface area contributed by atoms with Gasteiger partial charge in [-0.2, -0.15) is 10.5 Å². The lowest BCUT2D eigenvalue weighted by molar-refractivity contribution is -0.386. The minimum Gasteiger partial charge on any atom is -0.488 e. The molecule has 0 saturated heterocycles. The smallest absolute Gasteiger partial charge is 0.314 e. The molecule has 0 aromatic heterocycles. The van der Waals surface area contributed by atoms with Gasteiger partial charge in [-0.05, 0) is 17.7 Å². The zero-order chi connectivity index (χ0) is 13.7. The molecule has 0 aliphatic heterocycles. The van der Waals surface area contributed by atoms with Gasteiger partial charge in [-0.3, -0.25) is 10.1 Å².